The van der Waals surface area contributed by atoms with E-state index in [9.17, 15) is 4.79 Å². The van der Waals surface area contributed by atoms with Crippen molar-refractivity contribution in [2.75, 3.05) is 32.7 Å². The van der Waals surface area contributed by atoms with Crippen LogP contribution in [0.5, 0.6) is 0 Å². The van der Waals surface area contributed by atoms with E-state index in [1.54, 1.807) is 5.01 Å². The van der Waals surface area contributed by atoms with Gasteiger partial charge in [-0.25, -0.2) is 5.01 Å². The third-order valence-corrected chi connectivity index (χ3v) is 7.09. The maximum Gasteiger partial charge on any atom is 0.257 e. The molecule has 0 unspecified atom stereocenters. The Morgan fingerprint density at radius 3 is 2.06 bits per heavy atom. The first kappa shape index (κ1) is 23.5. The summed E-state index contributed by atoms with van der Waals surface area (Å²) in [6.45, 7) is 9.30. The molecule has 0 bridgehead atoms. The molecule has 5 heteroatoms. The Kier molecular flexibility index (Phi) is 7.07. The molecule has 1 atom stereocenters. The minimum Gasteiger partial charge on any atom is -0.297 e. The molecule has 3 aromatic carbocycles. The van der Waals surface area contributed by atoms with Gasteiger partial charge in [0.2, 0.25) is 0 Å². The van der Waals surface area contributed by atoms with Gasteiger partial charge < -0.3 is 0 Å². The average molecular weight is 467 g/mol. The minimum absolute atomic E-state index is 0.0567. The van der Waals surface area contributed by atoms with Crippen LogP contribution in [-0.2, 0) is 11.3 Å². The van der Waals surface area contributed by atoms with Crippen molar-refractivity contribution in [3.05, 3.63) is 107 Å². The molecular formula is C30H34N4O. The maximum atomic E-state index is 13.5. The lowest BCUT2D eigenvalue weighted by Gasteiger charge is -2.35. The summed E-state index contributed by atoms with van der Waals surface area (Å²) in [4.78, 5) is 18.3. The molecule has 5 nitrogen and oxygen atoms in total. The van der Waals surface area contributed by atoms with E-state index >= 15 is 0 Å². The number of rotatable bonds is 6. The van der Waals surface area contributed by atoms with Crippen molar-refractivity contribution in [3.8, 4) is 0 Å². The zero-order chi connectivity index (χ0) is 24.2. The van der Waals surface area contributed by atoms with Gasteiger partial charge in [0.25, 0.3) is 5.91 Å². The first-order chi connectivity index (χ1) is 17.0. The molecule has 180 valence electrons. The molecule has 0 spiro atoms. The zero-order valence-electron chi connectivity index (χ0n) is 20.7. The molecule has 2 heterocycles. The molecule has 1 fully saturated rings. The third kappa shape index (κ3) is 5.69. The fourth-order valence-corrected chi connectivity index (χ4v) is 4.92. The number of benzene rings is 3. The van der Waals surface area contributed by atoms with E-state index in [4.69, 9.17) is 5.10 Å². The summed E-state index contributed by atoms with van der Waals surface area (Å²) < 4.78 is 0. The standard InChI is InChI=1S/C30H34N4O/c1-23-8-12-26(13-9-23)28-20-29(27-14-10-24(2)11-15-27)34(31-28)30(35)22-33-18-16-32(17-19-33)21-25-6-4-3-5-7-25/h3-15,29H,16-22H2,1-2H3/t29-/m1/s1. The van der Waals surface area contributed by atoms with Crippen molar-refractivity contribution < 1.29 is 4.79 Å². The summed E-state index contributed by atoms with van der Waals surface area (Å²) in [6, 6.07) is 27.5. The van der Waals surface area contributed by atoms with Crippen molar-refractivity contribution in [2.24, 2.45) is 5.10 Å². The second kappa shape index (κ2) is 10.5. The van der Waals surface area contributed by atoms with Gasteiger partial charge in [-0.15, -0.1) is 0 Å². The smallest absolute Gasteiger partial charge is 0.257 e. The normalized spacial score (nSPS) is 19.1. The Balaban J connectivity index is 1.26. The van der Waals surface area contributed by atoms with E-state index in [0.717, 1.165) is 56.0 Å². The number of aryl methyl sites for hydroxylation is 2. The van der Waals surface area contributed by atoms with E-state index in [1.807, 2.05) is 0 Å². The van der Waals surface area contributed by atoms with Crippen molar-refractivity contribution in [2.45, 2.75) is 32.9 Å². The number of piperazine rings is 1. The van der Waals surface area contributed by atoms with Gasteiger partial charge in [0, 0.05) is 39.1 Å². The number of hydrogen-bond acceptors (Lipinski definition) is 4. The van der Waals surface area contributed by atoms with Crippen molar-refractivity contribution >= 4 is 11.6 Å². The highest BCUT2D eigenvalue weighted by Gasteiger charge is 2.34. The monoisotopic (exact) mass is 466 g/mol. The molecule has 1 amide bonds. The Morgan fingerprint density at radius 2 is 1.40 bits per heavy atom. The molecule has 0 radical (unpaired) electrons. The predicted molar refractivity (Wildman–Crippen MR) is 141 cm³/mol. The van der Waals surface area contributed by atoms with Gasteiger partial charge in [0.15, 0.2) is 0 Å². The molecule has 0 aromatic heterocycles. The van der Waals surface area contributed by atoms with Crippen LogP contribution in [0.4, 0.5) is 0 Å². The predicted octanol–water partition coefficient (Wildman–Crippen LogP) is 4.80. The van der Waals surface area contributed by atoms with Crippen LogP contribution >= 0.6 is 0 Å². The highest BCUT2D eigenvalue weighted by Crippen LogP contribution is 2.33. The lowest BCUT2D eigenvalue weighted by atomic mass is 9.97. The highest BCUT2D eigenvalue weighted by atomic mass is 16.2. The Hall–Kier alpha value is -3.28. The SMILES string of the molecule is Cc1ccc(C2=NN(C(=O)CN3CCN(Cc4ccccc4)CC3)[C@@H](c3ccc(C)cc3)C2)cc1. The Morgan fingerprint density at radius 1 is 0.800 bits per heavy atom. The van der Waals surface area contributed by atoms with Gasteiger partial charge in [-0.1, -0.05) is 90.0 Å². The van der Waals surface area contributed by atoms with Gasteiger partial charge in [0.05, 0.1) is 18.3 Å². The van der Waals surface area contributed by atoms with Crippen molar-refractivity contribution in [1.82, 2.24) is 14.8 Å². The fourth-order valence-electron chi connectivity index (χ4n) is 4.92. The first-order valence-corrected chi connectivity index (χ1v) is 12.6. The number of carbonyl (C=O) groups is 1. The molecule has 0 aliphatic carbocycles. The topological polar surface area (TPSA) is 39.2 Å². The summed E-state index contributed by atoms with van der Waals surface area (Å²) >= 11 is 0. The van der Waals surface area contributed by atoms with Crippen LogP contribution < -0.4 is 0 Å². The number of carbonyl (C=O) groups excluding carboxylic acids is 1. The quantitative estimate of drug-likeness (QED) is 0.524. The number of hydrogen-bond donors (Lipinski definition) is 0. The third-order valence-electron chi connectivity index (χ3n) is 7.09. The summed E-state index contributed by atoms with van der Waals surface area (Å²) in [6.07, 6.45) is 0.739. The summed E-state index contributed by atoms with van der Waals surface area (Å²) in [5.41, 5.74) is 7.00. The first-order valence-electron chi connectivity index (χ1n) is 12.6. The van der Waals surface area contributed by atoms with E-state index in [0.29, 0.717) is 6.54 Å². The number of hydrazone groups is 1. The lowest BCUT2D eigenvalue weighted by Crippen LogP contribution is -2.49. The summed E-state index contributed by atoms with van der Waals surface area (Å²) in [5.74, 6) is 0.0780. The van der Waals surface area contributed by atoms with Crippen LogP contribution in [0.2, 0.25) is 0 Å². The van der Waals surface area contributed by atoms with Gasteiger partial charge >= 0.3 is 0 Å². The van der Waals surface area contributed by atoms with E-state index < -0.39 is 0 Å². The van der Waals surface area contributed by atoms with Crippen molar-refractivity contribution in [1.29, 1.82) is 0 Å². The van der Waals surface area contributed by atoms with Crippen LogP contribution in [-0.4, -0.2) is 59.2 Å². The zero-order valence-corrected chi connectivity index (χ0v) is 20.7. The minimum atomic E-state index is -0.0567. The second-order valence-corrected chi connectivity index (χ2v) is 9.82. The second-order valence-electron chi connectivity index (χ2n) is 9.82. The molecule has 0 N–H and O–H groups in total. The summed E-state index contributed by atoms with van der Waals surface area (Å²) in [7, 11) is 0. The highest BCUT2D eigenvalue weighted by molar-refractivity contribution is 6.03. The largest absolute Gasteiger partial charge is 0.297 e. The van der Waals surface area contributed by atoms with Crippen molar-refractivity contribution in [3.63, 3.8) is 0 Å². The Labute approximate surface area is 208 Å². The molecule has 1 saturated heterocycles. The number of amides is 1. The van der Waals surface area contributed by atoms with Crippen LogP contribution in [0.25, 0.3) is 0 Å². The Bertz CT molecular complexity index is 1160. The van der Waals surface area contributed by atoms with Gasteiger partial charge in [-0.2, -0.15) is 5.10 Å². The molecule has 2 aliphatic rings. The van der Waals surface area contributed by atoms with E-state index in [1.165, 1.54) is 16.7 Å². The molecule has 5 rings (SSSR count). The van der Waals surface area contributed by atoms with Crippen LogP contribution in [0.15, 0.2) is 84.0 Å². The average Bonchev–Trinajstić information content (AvgIpc) is 3.32. The van der Waals surface area contributed by atoms with E-state index in [-0.39, 0.29) is 11.9 Å². The molecule has 35 heavy (non-hydrogen) atoms. The maximum absolute atomic E-state index is 13.5. The molecule has 0 saturated carbocycles. The van der Waals surface area contributed by atoms with Crippen LogP contribution in [0.1, 0.15) is 40.3 Å². The molecule has 2 aliphatic heterocycles. The summed E-state index contributed by atoms with van der Waals surface area (Å²) in [5, 5.41) is 6.61. The number of nitrogens with zero attached hydrogens (tertiary/aromatic N) is 4. The molecular weight excluding hydrogens is 432 g/mol. The van der Waals surface area contributed by atoms with E-state index in [2.05, 4.69) is 103 Å². The van der Waals surface area contributed by atoms with Crippen LogP contribution in [0.3, 0.4) is 0 Å². The van der Waals surface area contributed by atoms with Gasteiger partial charge in [-0.05, 0) is 30.5 Å². The fraction of sp³-hybridized carbons (Fsp3) is 0.333. The van der Waals surface area contributed by atoms with Gasteiger partial charge in [0.1, 0.15) is 0 Å². The van der Waals surface area contributed by atoms with Crippen LogP contribution in [0, 0.1) is 13.8 Å². The lowest BCUT2D eigenvalue weighted by molar-refractivity contribution is -0.134. The van der Waals surface area contributed by atoms with Gasteiger partial charge in [-0.3, -0.25) is 14.6 Å². The molecule has 3 aromatic rings.